The number of ether oxygens (including phenoxy) is 1. The molecule has 7 nitrogen and oxygen atoms in total. The molecule has 1 saturated heterocycles. The summed E-state index contributed by atoms with van der Waals surface area (Å²) in [5.74, 6) is -0.432. The lowest BCUT2D eigenvalue weighted by molar-refractivity contribution is -0.122. The Morgan fingerprint density at radius 3 is 2.71 bits per heavy atom. The van der Waals surface area contributed by atoms with Crippen LogP contribution in [0.5, 0.6) is 5.75 Å². The molecule has 0 aliphatic carbocycles. The average molecular weight is 329 g/mol. The highest BCUT2D eigenvalue weighted by molar-refractivity contribution is 5.92. The summed E-state index contributed by atoms with van der Waals surface area (Å²) in [5.41, 5.74) is 6.13. The number of para-hydroxylation sites is 1. The monoisotopic (exact) mass is 329 g/mol. The van der Waals surface area contributed by atoms with Gasteiger partial charge in [0.1, 0.15) is 5.75 Å². The van der Waals surface area contributed by atoms with Gasteiger partial charge in [-0.15, -0.1) is 0 Å². The van der Waals surface area contributed by atoms with Crippen LogP contribution in [-0.2, 0) is 4.79 Å². The van der Waals surface area contributed by atoms with Crippen molar-refractivity contribution in [3.63, 3.8) is 0 Å². The van der Waals surface area contributed by atoms with Crippen LogP contribution in [-0.4, -0.2) is 41.6 Å². The molecule has 3 rings (SSSR count). The molecule has 1 aliphatic rings. The minimum Gasteiger partial charge on any atom is -0.493 e. The Bertz CT molecular complexity index is 728. The Labute approximate surface area is 139 Å². The number of aryl methyl sites for hydroxylation is 1. The molecule has 2 aromatic rings. The van der Waals surface area contributed by atoms with Crippen LogP contribution in [0.15, 0.2) is 40.9 Å². The van der Waals surface area contributed by atoms with E-state index in [-0.39, 0.29) is 24.1 Å². The molecule has 126 valence electrons. The van der Waals surface area contributed by atoms with Crippen LogP contribution in [0.2, 0.25) is 0 Å². The molecule has 1 aromatic carbocycles. The summed E-state index contributed by atoms with van der Waals surface area (Å²) >= 11 is 0. The summed E-state index contributed by atoms with van der Waals surface area (Å²) in [7, 11) is 0. The lowest BCUT2D eigenvalue weighted by atomic mass is 9.96. The zero-order chi connectivity index (χ0) is 17.1. The number of aromatic nitrogens is 1. The third kappa shape index (κ3) is 3.40. The quantitative estimate of drug-likeness (QED) is 0.889. The maximum Gasteiger partial charge on any atom is 0.292 e. The van der Waals surface area contributed by atoms with E-state index in [1.807, 2.05) is 30.3 Å². The van der Waals surface area contributed by atoms with Gasteiger partial charge in [0.05, 0.1) is 18.2 Å². The fourth-order valence-electron chi connectivity index (χ4n) is 2.87. The number of carbonyl (C=O) groups excluding carboxylic acids is 2. The molecule has 1 fully saturated rings. The molecule has 1 aliphatic heterocycles. The van der Waals surface area contributed by atoms with Crippen molar-refractivity contribution >= 4 is 11.8 Å². The zero-order valence-electron chi connectivity index (χ0n) is 13.3. The van der Waals surface area contributed by atoms with Crippen LogP contribution >= 0.6 is 0 Å². The van der Waals surface area contributed by atoms with Crippen molar-refractivity contribution in [3.8, 4) is 5.75 Å². The summed E-state index contributed by atoms with van der Waals surface area (Å²) in [5, 5.41) is 3.72. The fourth-order valence-corrected chi connectivity index (χ4v) is 2.87. The maximum absolute atomic E-state index is 12.4. The molecule has 0 spiro atoms. The Hall–Kier alpha value is -2.83. The van der Waals surface area contributed by atoms with Crippen LogP contribution < -0.4 is 10.5 Å². The van der Waals surface area contributed by atoms with Crippen molar-refractivity contribution in [2.24, 2.45) is 17.6 Å². The largest absolute Gasteiger partial charge is 0.493 e. The minimum absolute atomic E-state index is 0.157. The maximum atomic E-state index is 12.4. The average Bonchev–Trinajstić information content (AvgIpc) is 3.20. The molecule has 0 saturated carbocycles. The predicted octanol–water partition coefficient (Wildman–Crippen LogP) is 1.24. The van der Waals surface area contributed by atoms with E-state index in [1.165, 1.54) is 0 Å². The number of hydrogen-bond acceptors (Lipinski definition) is 5. The van der Waals surface area contributed by atoms with E-state index in [0.717, 1.165) is 5.75 Å². The molecule has 1 aromatic heterocycles. The number of hydrogen-bond donors (Lipinski definition) is 1. The van der Waals surface area contributed by atoms with Crippen LogP contribution in [0, 0.1) is 18.8 Å². The first-order valence-electron chi connectivity index (χ1n) is 7.74. The van der Waals surface area contributed by atoms with Crippen LogP contribution in [0.1, 0.15) is 16.2 Å². The van der Waals surface area contributed by atoms with Crippen molar-refractivity contribution in [3.05, 3.63) is 47.9 Å². The van der Waals surface area contributed by atoms with E-state index in [9.17, 15) is 9.59 Å². The Morgan fingerprint density at radius 2 is 2.08 bits per heavy atom. The van der Waals surface area contributed by atoms with Gasteiger partial charge in [-0.2, -0.15) is 0 Å². The molecule has 2 amide bonds. The Kier molecular flexibility index (Phi) is 4.50. The molecular formula is C17H19N3O4. The second-order valence-electron chi connectivity index (χ2n) is 5.94. The number of benzene rings is 1. The summed E-state index contributed by atoms with van der Waals surface area (Å²) < 4.78 is 10.7. The predicted molar refractivity (Wildman–Crippen MR) is 85.3 cm³/mol. The Balaban J connectivity index is 1.67. The molecule has 24 heavy (non-hydrogen) atoms. The third-order valence-electron chi connectivity index (χ3n) is 4.14. The SMILES string of the molecule is Cc1cc(C(=O)N2C[C@@H](COc3ccccc3)[C@H](C(N)=O)C2)on1. The molecule has 0 radical (unpaired) electrons. The summed E-state index contributed by atoms with van der Waals surface area (Å²) in [6.07, 6.45) is 0. The lowest BCUT2D eigenvalue weighted by Crippen LogP contribution is -2.32. The standard InChI is InChI=1S/C17H19N3O4/c1-11-7-15(24-19-11)17(22)20-8-12(14(9-20)16(18)21)10-23-13-5-3-2-4-6-13/h2-7,12,14H,8-10H2,1H3,(H2,18,21)/t12-,14+/m0/s1. The van der Waals surface area contributed by atoms with Crippen molar-refractivity contribution in [2.45, 2.75) is 6.92 Å². The van der Waals surface area contributed by atoms with Gasteiger partial charge in [0.25, 0.3) is 5.91 Å². The van der Waals surface area contributed by atoms with Crippen LogP contribution in [0.25, 0.3) is 0 Å². The minimum atomic E-state index is -0.443. The highest BCUT2D eigenvalue weighted by Crippen LogP contribution is 2.26. The van der Waals surface area contributed by atoms with Crippen molar-refractivity contribution in [1.29, 1.82) is 0 Å². The van der Waals surface area contributed by atoms with Gasteiger partial charge in [-0.05, 0) is 19.1 Å². The number of rotatable bonds is 5. The number of amides is 2. The first-order valence-corrected chi connectivity index (χ1v) is 7.74. The number of likely N-dealkylation sites (tertiary alicyclic amines) is 1. The van der Waals surface area contributed by atoms with Crippen molar-refractivity contribution in [2.75, 3.05) is 19.7 Å². The van der Waals surface area contributed by atoms with Gasteiger partial charge >= 0.3 is 0 Å². The molecule has 0 bridgehead atoms. The molecule has 2 heterocycles. The van der Waals surface area contributed by atoms with Crippen molar-refractivity contribution < 1.29 is 18.8 Å². The molecule has 7 heteroatoms. The van der Waals surface area contributed by atoms with E-state index in [1.54, 1.807) is 17.9 Å². The van der Waals surface area contributed by atoms with Gasteiger partial charge in [0, 0.05) is 25.1 Å². The fraction of sp³-hybridized carbons (Fsp3) is 0.353. The number of nitrogens with two attached hydrogens (primary N) is 1. The van der Waals surface area contributed by atoms with Gasteiger partial charge < -0.3 is 19.9 Å². The summed E-state index contributed by atoms with van der Waals surface area (Å²) in [4.78, 5) is 25.7. The van der Waals surface area contributed by atoms with E-state index in [4.69, 9.17) is 15.0 Å². The highest BCUT2D eigenvalue weighted by atomic mass is 16.5. The first-order chi connectivity index (χ1) is 11.5. The van der Waals surface area contributed by atoms with Crippen LogP contribution in [0.3, 0.4) is 0 Å². The number of nitrogens with zero attached hydrogens (tertiary/aromatic N) is 2. The topological polar surface area (TPSA) is 98.7 Å². The smallest absolute Gasteiger partial charge is 0.292 e. The van der Waals surface area contributed by atoms with E-state index in [2.05, 4.69) is 5.16 Å². The zero-order valence-corrected chi connectivity index (χ0v) is 13.3. The first kappa shape index (κ1) is 16.0. The number of carbonyl (C=O) groups is 2. The molecule has 2 N–H and O–H groups in total. The third-order valence-corrected chi connectivity index (χ3v) is 4.14. The highest BCUT2D eigenvalue weighted by Gasteiger charge is 2.40. The van der Waals surface area contributed by atoms with E-state index in [0.29, 0.717) is 18.8 Å². The molecular weight excluding hydrogens is 310 g/mol. The van der Waals surface area contributed by atoms with Gasteiger partial charge in [-0.3, -0.25) is 9.59 Å². The Morgan fingerprint density at radius 1 is 1.33 bits per heavy atom. The summed E-state index contributed by atoms with van der Waals surface area (Å²) in [6.45, 7) is 2.71. The van der Waals surface area contributed by atoms with Gasteiger partial charge in [0.2, 0.25) is 11.7 Å². The number of primary amides is 1. The lowest BCUT2D eigenvalue weighted by Gasteiger charge is -2.16. The van der Waals surface area contributed by atoms with Gasteiger partial charge in [-0.25, -0.2) is 0 Å². The van der Waals surface area contributed by atoms with E-state index < -0.39 is 11.8 Å². The van der Waals surface area contributed by atoms with E-state index >= 15 is 0 Å². The van der Waals surface area contributed by atoms with Crippen molar-refractivity contribution in [1.82, 2.24) is 10.1 Å². The molecule has 2 atom stereocenters. The van der Waals surface area contributed by atoms with Gasteiger partial charge in [-0.1, -0.05) is 23.4 Å². The summed E-state index contributed by atoms with van der Waals surface area (Å²) in [6, 6.07) is 10.9. The molecule has 0 unspecified atom stereocenters. The van der Waals surface area contributed by atoms with Gasteiger partial charge in [0.15, 0.2) is 0 Å². The van der Waals surface area contributed by atoms with Crippen LogP contribution in [0.4, 0.5) is 0 Å². The normalized spacial score (nSPS) is 20.1. The second kappa shape index (κ2) is 6.74. The second-order valence-corrected chi connectivity index (χ2v) is 5.94.